The van der Waals surface area contributed by atoms with E-state index in [1.54, 1.807) is 0 Å². The predicted octanol–water partition coefficient (Wildman–Crippen LogP) is 4.82. The molecule has 2 aromatic carbocycles. The zero-order valence-electron chi connectivity index (χ0n) is 14.9. The van der Waals surface area contributed by atoms with Crippen molar-refractivity contribution in [2.45, 2.75) is 33.0 Å². The predicted molar refractivity (Wildman–Crippen MR) is 103 cm³/mol. The summed E-state index contributed by atoms with van der Waals surface area (Å²) in [6, 6.07) is 20.5. The molecule has 0 heterocycles. The van der Waals surface area contributed by atoms with Gasteiger partial charge in [0.2, 0.25) is 0 Å². The quantitative estimate of drug-likeness (QED) is 0.644. The van der Waals surface area contributed by atoms with Gasteiger partial charge in [-0.1, -0.05) is 42.5 Å². The smallest absolute Gasteiger partial charge is 0.191 e. The molecule has 2 nitrogen and oxygen atoms in total. The van der Waals surface area contributed by atoms with Gasteiger partial charge >= 0.3 is 0 Å². The van der Waals surface area contributed by atoms with Crippen molar-refractivity contribution in [2.75, 3.05) is 24.6 Å². The number of likely N-dealkylation sites (N-methyl/N-ethyl adjacent to an activating group) is 1. The summed E-state index contributed by atoms with van der Waals surface area (Å²) < 4.78 is 6.31. The Morgan fingerprint density at radius 2 is 1.74 bits per heavy atom. The number of hydrogen-bond acceptors (Lipinski definition) is 2. The average Bonchev–Trinajstić information content (AvgIpc) is 2.52. The van der Waals surface area contributed by atoms with E-state index in [0.29, 0.717) is 0 Å². The zero-order valence-corrected chi connectivity index (χ0v) is 15.9. The Bertz CT molecular complexity index is 598. The molecule has 3 heteroatoms. The molecular formula is C20H29NOSi. The van der Waals surface area contributed by atoms with E-state index in [1.165, 1.54) is 16.8 Å². The van der Waals surface area contributed by atoms with Crippen LogP contribution in [0.4, 0.5) is 5.69 Å². The fourth-order valence-corrected chi connectivity index (χ4v) is 4.83. The standard InChI is InChI=1S/C20H29NOSi/c1-5-21(20-13-9-10-18(2)16-20)14-15-22-23(3,4)17-19-11-7-6-8-12-19/h6-13,16H,5,14-15,17H2,1-4H3. The van der Waals surface area contributed by atoms with E-state index < -0.39 is 8.32 Å². The molecule has 0 radical (unpaired) electrons. The lowest BCUT2D eigenvalue weighted by Gasteiger charge is -2.27. The molecule has 0 aromatic heterocycles. The summed E-state index contributed by atoms with van der Waals surface area (Å²) in [5.74, 6) is 0. The van der Waals surface area contributed by atoms with E-state index in [1.807, 2.05) is 0 Å². The van der Waals surface area contributed by atoms with Crippen LogP contribution < -0.4 is 4.90 Å². The van der Waals surface area contributed by atoms with Gasteiger partial charge in [-0.15, -0.1) is 0 Å². The first kappa shape index (κ1) is 17.8. The van der Waals surface area contributed by atoms with Crippen LogP contribution in [0.3, 0.4) is 0 Å². The third kappa shape index (κ3) is 5.85. The second kappa shape index (κ2) is 8.32. The monoisotopic (exact) mass is 327 g/mol. The van der Waals surface area contributed by atoms with Crippen LogP contribution in [-0.4, -0.2) is 28.0 Å². The van der Waals surface area contributed by atoms with Crippen LogP contribution in [0, 0.1) is 6.92 Å². The Morgan fingerprint density at radius 3 is 2.39 bits per heavy atom. The Balaban J connectivity index is 1.87. The van der Waals surface area contributed by atoms with Crippen molar-refractivity contribution in [3.05, 3.63) is 65.7 Å². The summed E-state index contributed by atoms with van der Waals surface area (Å²) in [4.78, 5) is 2.39. The lowest BCUT2D eigenvalue weighted by atomic mass is 10.2. The highest BCUT2D eigenvalue weighted by Crippen LogP contribution is 2.17. The molecule has 0 amide bonds. The van der Waals surface area contributed by atoms with Gasteiger partial charge < -0.3 is 9.33 Å². The third-order valence-corrected chi connectivity index (χ3v) is 6.32. The summed E-state index contributed by atoms with van der Waals surface area (Å²) in [7, 11) is -1.66. The van der Waals surface area contributed by atoms with Gasteiger partial charge in [-0.3, -0.25) is 0 Å². The summed E-state index contributed by atoms with van der Waals surface area (Å²) in [5, 5.41) is 0. The van der Waals surface area contributed by atoms with E-state index in [4.69, 9.17) is 4.43 Å². The molecular weight excluding hydrogens is 298 g/mol. The van der Waals surface area contributed by atoms with E-state index in [-0.39, 0.29) is 0 Å². The highest BCUT2D eigenvalue weighted by Gasteiger charge is 2.23. The minimum absolute atomic E-state index is 0.799. The van der Waals surface area contributed by atoms with Crippen molar-refractivity contribution < 1.29 is 4.43 Å². The molecule has 0 atom stereocenters. The van der Waals surface area contributed by atoms with Gasteiger partial charge in [0.05, 0.1) is 6.61 Å². The molecule has 0 spiro atoms. The number of nitrogens with zero attached hydrogens (tertiary/aromatic N) is 1. The zero-order chi connectivity index (χ0) is 16.7. The molecule has 0 saturated heterocycles. The van der Waals surface area contributed by atoms with Crippen LogP contribution in [0.15, 0.2) is 54.6 Å². The van der Waals surface area contributed by atoms with Gasteiger partial charge in [0.1, 0.15) is 0 Å². The Hall–Kier alpha value is -1.58. The molecule has 2 rings (SSSR count). The average molecular weight is 328 g/mol. The number of anilines is 1. The van der Waals surface area contributed by atoms with Crippen molar-refractivity contribution in [1.82, 2.24) is 0 Å². The van der Waals surface area contributed by atoms with Gasteiger partial charge in [0.15, 0.2) is 8.32 Å². The highest BCUT2D eigenvalue weighted by molar-refractivity contribution is 6.70. The van der Waals surface area contributed by atoms with Crippen LogP contribution in [0.2, 0.25) is 13.1 Å². The van der Waals surface area contributed by atoms with Gasteiger partial charge in [-0.05, 0) is 56.2 Å². The minimum atomic E-state index is -1.66. The van der Waals surface area contributed by atoms with E-state index in [9.17, 15) is 0 Å². The second-order valence-corrected chi connectivity index (χ2v) is 10.9. The first-order valence-electron chi connectivity index (χ1n) is 8.50. The first-order chi connectivity index (χ1) is 11.0. The largest absolute Gasteiger partial charge is 0.415 e. The van der Waals surface area contributed by atoms with E-state index in [0.717, 1.165) is 25.7 Å². The number of hydrogen-bond donors (Lipinski definition) is 0. The maximum atomic E-state index is 6.31. The first-order valence-corrected chi connectivity index (χ1v) is 11.6. The molecule has 0 aliphatic heterocycles. The molecule has 23 heavy (non-hydrogen) atoms. The van der Waals surface area contributed by atoms with Crippen molar-refractivity contribution in [2.24, 2.45) is 0 Å². The van der Waals surface area contributed by atoms with E-state index in [2.05, 4.69) is 86.4 Å². The lowest BCUT2D eigenvalue weighted by Crippen LogP contribution is -2.37. The molecule has 0 aliphatic rings. The molecule has 0 N–H and O–H groups in total. The van der Waals surface area contributed by atoms with Crippen molar-refractivity contribution in [1.29, 1.82) is 0 Å². The number of rotatable bonds is 8. The summed E-state index contributed by atoms with van der Waals surface area (Å²) in [6.45, 7) is 11.7. The number of benzene rings is 2. The maximum absolute atomic E-state index is 6.31. The molecule has 0 aliphatic carbocycles. The highest BCUT2D eigenvalue weighted by atomic mass is 28.4. The summed E-state index contributed by atoms with van der Waals surface area (Å²) >= 11 is 0. The van der Waals surface area contributed by atoms with Crippen LogP contribution in [-0.2, 0) is 10.5 Å². The molecule has 0 bridgehead atoms. The fourth-order valence-electron chi connectivity index (χ4n) is 2.87. The van der Waals surface area contributed by atoms with Gasteiger partial charge in [-0.25, -0.2) is 0 Å². The van der Waals surface area contributed by atoms with Crippen LogP contribution in [0.25, 0.3) is 0 Å². The third-order valence-electron chi connectivity index (χ3n) is 4.08. The normalized spacial score (nSPS) is 11.5. The molecule has 0 saturated carbocycles. The van der Waals surface area contributed by atoms with Gasteiger partial charge in [0, 0.05) is 18.8 Å². The SMILES string of the molecule is CCN(CCO[Si](C)(C)Cc1ccccc1)c1cccc(C)c1. The molecule has 124 valence electrons. The van der Waals surface area contributed by atoms with Crippen LogP contribution in [0.1, 0.15) is 18.1 Å². The lowest BCUT2D eigenvalue weighted by molar-refractivity contribution is 0.313. The van der Waals surface area contributed by atoms with Crippen molar-refractivity contribution in [3.8, 4) is 0 Å². The summed E-state index contributed by atoms with van der Waals surface area (Å²) in [6.07, 6.45) is 0. The Morgan fingerprint density at radius 1 is 1.00 bits per heavy atom. The Kier molecular flexibility index (Phi) is 6.43. The van der Waals surface area contributed by atoms with Crippen molar-refractivity contribution in [3.63, 3.8) is 0 Å². The second-order valence-electron chi connectivity index (χ2n) is 6.69. The molecule has 0 fully saturated rings. The van der Waals surface area contributed by atoms with E-state index >= 15 is 0 Å². The molecule has 2 aromatic rings. The van der Waals surface area contributed by atoms with Gasteiger partial charge in [-0.2, -0.15) is 0 Å². The van der Waals surface area contributed by atoms with Gasteiger partial charge in [0.25, 0.3) is 0 Å². The van der Waals surface area contributed by atoms with Crippen molar-refractivity contribution >= 4 is 14.0 Å². The van der Waals surface area contributed by atoms with Crippen LogP contribution in [0.5, 0.6) is 0 Å². The maximum Gasteiger partial charge on any atom is 0.191 e. The topological polar surface area (TPSA) is 12.5 Å². The molecule has 0 unspecified atom stereocenters. The minimum Gasteiger partial charge on any atom is -0.415 e. The number of aryl methyl sites for hydroxylation is 1. The Labute approximate surface area is 142 Å². The van der Waals surface area contributed by atoms with Crippen LogP contribution >= 0.6 is 0 Å². The fraction of sp³-hybridized carbons (Fsp3) is 0.400. The summed E-state index contributed by atoms with van der Waals surface area (Å²) in [5.41, 5.74) is 3.98.